The number of anilines is 3. The second-order valence-corrected chi connectivity index (χ2v) is 8.26. The number of methoxy groups -OCH3 is 1. The van der Waals surface area contributed by atoms with Crippen LogP contribution in [0.2, 0.25) is 0 Å². The monoisotopic (exact) mass is 423 g/mol. The fourth-order valence-corrected chi connectivity index (χ4v) is 4.68. The van der Waals surface area contributed by atoms with Crippen molar-refractivity contribution in [2.75, 3.05) is 43.1 Å². The molecule has 30 heavy (non-hydrogen) atoms. The van der Waals surface area contributed by atoms with E-state index in [4.69, 9.17) is 9.72 Å². The summed E-state index contributed by atoms with van der Waals surface area (Å²) in [5.41, 5.74) is 3.14. The Labute approximate surface area is 181 Å². The van der Waals surface area contributed by atoms with Crippen LogP contribution in [0, 0.1) is 0 Å². The SMILES string of the molecule is COc1ccc(N2CC[NH+](Cc3csc(N(C(C)=O)c4ccccc4)n3)CC2)cc1. The summed E-state index contributed by atoms with van der Waals surface area (Å²) >= 11 is 1.53. The number of para-hydroxylation sites is 1. The van der Waals surface area contributed by atoms with Crippen molar-refractivity contribution >= 4 is 33.8 Å². The van der Waals surface area contributed by atoms with Crippen LogP contribution < -0.4 is 19.4 Å². The second-order valence-electron chi connectivity index (χ2n) is 7.42. The molecule has 1 aliphatic heterocycles. The Balaban J connectivity index is 1.37. The van der Waals surface area contributed by atoms with Gasteiger partial charge in [-0.25, -0.2) is 4.98 Å². The lowest BCUT2D eigenvalue weighted by Crippen LogP contribution is -3.13. The van der Waals surface area contributed by atoms with Crippen LogP contribution in [-0.2, 0) is 11.3 Å². The number of rotatable bonds is 6. The zero-order valence-corrected chi connectivity index (χ0v) is 18.2. The van der Waals surface area contributed by atoms with E-state index < -0.39 is 0 Å². The van der Waals surface area contributed by atoms with Gasteiger partial charge in [-0.05, 0) is 36.4 Å². The number of hydrogen-bond acceptors (Lipinski definition) is 5. The zero-order chi connectivity index (χ0) is 20.9. The van der Waals surface area contributed by atoms with Crippen LogP contribution in [0.3, 0.4) is 0 Å². The van der Waals surface area contributed by atoms with Crippen molar-refractivity contribution in [3.05, 3.63) is 65.7 Å². The van der Waals surface area contributed by atoms with E-state index in [-0.39, 0.29) is 5.91 Å². The normalized spacial score (nSPS) is 14.5. The van der Waals surface area contributed by atoms with Gasteiger partial charge in [0.05, 0.1) is 39.0 Å². The summed E-state index contributed by atoms with van der Waals surface area (Å²) in [5, 5.41) is 2.82. The van der Waals surface area contributed by atoms with Crippen LogP contribution in [0.25, 0.3) is 0 Å². The molecule has 4 rings (SSSR count). The van der Waals surface area contributed by atoms with Crippen LogP contribution >= 0.6 is 11.3 Å². The summed E-state index contributed by atoms with van der Waals surface area (Å²) < 4.78 is 5.25. The fourth-order valence-electron chi connectivity index (χ4n) is 3.79. The van der Waals surface area contributed by atoms with Gasteiger partial charge in [0, 0.05) is 18.0 Å². The maximum Gasteiger partial charge on any atom is 0.230 e. The Bertz CT molecular complexity index is 966. The average molecular weight is 424 g/mol. The molecule has 0 aliphatic carbocycles. The number of ether oxygens (including phenoxy) is 1. The molecule has 0 unspecified atom stereocenters. The quantitative estimate of drug-likeness (QED) is 0.662. The minimum absolute atomic E-state index is 0.0254. The molecule has 1 aromatic heterocycles. The topological polar surface area (TPSA) is 50.1 Å². The third-order valence-electron chi connectivity index (χ3n) is 5.40. The van der Waals surface area contributed by atoms with Gasteiger partial charge in [-0.2, -0.15) is 0 Å². The number of benzene rings is 2. The summed E-state index contributed by atoms with van der Waals surface area (Å²) in [7, 11) is 1.69. The fraction of sp³-hybridized carbons (Fsp3) is 0.304. The van der Waals surface area contributed by atoms with E-state index >= 15 is 0 Å². The summed E-state index contributed by atoms with van der Waals surface area (Å²) in [5.74, 6) is 0.861. The highest BCUT2D eigenvalue weighted by atomic mass is 32.1. The molecular weight excluding hydrogens is 396 g/mol. The van der Waals surface area contributed by atoms with Gasteiger partial charge in [0.2, 0.25) is 5.91 Å². The van der Waals surface area contributed by atoms with Gasteiger partial charge in [0.25, 0.3) is 0 Å². The van der Waals surface area contributed by atoms with Gasteiger partial charge in [-0.1, -0.05) is 18.2 Å². The molecule has 0 radical (unpaired) electrons. The number of amides is 1. The van der Waals surface area contributed by atoms with Crippen molar-refractivity contribution < 1.29 is 14.4 Å². The molecule has 3 aromatic rings. The molecule has 156 valence electrons. The maximum atomic E-state index is 12.2. The van der Waals surface area contributed by atoms with Crippen LogP contribution in [0.1, 0.15) is 12.6 Å². The summed E-state index contributed by atoms with van der Waals surface area (Å²) in [4.78, 5) is 22.6. The Morgan fingerprint density at radius 2 is 1.83 bits per heavy atom. The number of nitrogens with one attached hydrogen (secondary N) is 1. The van der Waals surface area contributed by atoms with Crippen LogP contribution in [0.15, 0.2) is 60.0 Å². The second kappa shape index (κ2) is 9.28. The summed E-state index contributed by atoms with van der Waals surface area (Å²) in [6.07, 6.45) is 0. The molecule has 0 saturated carbocycles. The average Bonchev–Trinajstić information content (AvgIpc) is 3.22. The number of aromatic nitrogens is 1. The van der Waals surface area contributed by atoms with Gasteiger partial charge < -0.3 is 14.5 Å². The summed E-state index contributed by atoms with van der Waals surface area (Å²) in [6, 6.07) is 18.0. The van der Waals surface area contributed by atoms with E-state index in [9.17, 15) is 4.79 Å². The number of nitrogens with zero attached hydrogens (tertiary/aromatic N) is 3. The molecule has 1 amide bonds. The van der Waals surface area contributed by atoms with Crippen molar-refractivity contribution in [3.63, 3.8) is 0 Å². The largest absolute Gasteiger partial charge is 0.497 e. The molecule has 2 aromatic carbocycles. The van der Waals surface area contributed by atoms with Crippen LogP contribution in [-0.4, -0.2) is 44.2 Å². The van der Waals surface area contributed by atoms with Crippen molar-refractivity contribution in [2.24, 2.45) is 0 Å². The molecular formula is C23H27N4O2S+. The van der Waals surface area contributed by atoms with Crippen molar-refractivity contribution in [1.29, 1.82) is 0 Å². The van der Waals surface area contributed by atoms with E-state index in [1.807, 2.05) is 42.5 Å². The lowest BCUT2D eigenvalue weighted by Gasteiger charge is -2.33. The molecule has 0 bridgehead atoms. The first kappa shape index (κ1) is 20.4. The minimum Gasteiger partial charge on any atom is -0.497 e. The van der Waals surface area contributed by atoms with E-state index in [1.54, 1.807) is 18.9 Å². The van der Waals surface area contributed by atoms with Gasteiger partial charge >= 0.3 is 0 Å². The predicted molar refractivity (Wildman–Crippen MR) is 121 cm³/mol. The van der Waals surface area contributed by atoms with E-state index in [0.717, 1.165) is 55.0 Å². The first-order valence-corrected chi connectivity index (χ1v) is 11.0. The van der Waals surface area contributed by atoms with E-state index in [2.05, 4.69) is 22.4 Å². The molecule has 6 nitrogen and oxygen atoms in total. The highest BCUT2D eigenvalue weighted by Gasteiger charge is 2.23. The molecule has 0 atom stereocenters. The number of quaternary nitrogens is 1. The van der Waals surface area contributed by atoms with Crippen LogP contribution in [0.5, 0.6) is 5.75 Å². The lowest BCUT2D eigenvalue weighted by molar-refractivity contribution is -0.914. The number of piperazine rings is 1. The number of hydrogen-bond donors (Lipinski definition) is 1. The standard InChI is InChI=1S/C23H26N4O2S/c1-18(28)27(21-6-4-3-5-7-21)23-24-19(17-30-23)16-25-12-14-26(15-13-25)20-8-10-22(29-2)11-9-20/h3-11,17H,12-16H2,1-2H3/p+1. The Kier molecular flexibility index (Phi) is 6.30. The van der Waals surface area contributed by atoms with Crippen molar-refractivity contribution in [3.8, 4) is 5.75 Å². The summed E-state index contributed by atoms with van der Waals surface area (Å²) in [6.45, 7) is 6.62. The van der Waals surface area contributed by atoms with Gasteiger partial charge in [-0.15, -0.1) is 11.3 Å². The van der Waals surface area contributed by atoms with Gasteiger partial charge in [0.1, 0.15) is 18.0 Å². The molecule has 0 spiro atoms. The molecule has 1 fully saturated rings. The van der Waals surface area contributed by atoms with E-state index in [0.29, 0.717) is 0 Å². The number of thiazole rings is 1. The molecule has 2 heterocycles. The third-order valence-corrected chi connectivity index (χ3v) is 6.27. The van der Waals surface area contributed by atoms with E-state index in [1.165, 1.54) is 21.9 Å². The molecule has 7 heteroatoms. The lowest BCUT2D eigenvalue weighted by atomic mass is 10.2. The highest BCUT2D eigenvalue weighted by Crippen LogP contribution is 2.28. The number of carbonyl (C=O) groups excluding carboxylic acids is 1. The third kappa shape index (κ3) is 4.63. The van der Waals surface area contributed by atoms with Gasteiger partial charge in [0.15, 0.2) is 5.13 Å². The smallest absolute Gasteiger partial charge is 0.230 e. The first-order valence-electron chi connectivity index (χ1n) is 10.2. The first-order chi connectivity index (χ1) is 14.6. The Morgan fingerprint density at radius 1 is 1.13 bits per heavy atom. The predicted octanol–water partition coefficient (Wildman–Crippen LogP) is 2.74. The zero-order valence-electron chi connectivity index (χ0n) is 17.4. The van der Waals surface area contributed by atoms with Crippen molar-refractivity contribution in [2.45, 2.75) is 13.5 Å². The number of carbonyl (C=O) groups is 1. The Morgan fingerprint density at radius 3 is 2.47 bits per heavy atom. The molecule has 1 aliphatic rings. The minimum atomic E-state index is -0.0254. The van der Waals surface area contributed by atoms with Gasteiger partial charge in [-0.3, -0.25) is 9.69 Å². The maximum absolute atomic E-state index is 12.2. The van der Waals surface area contributed by atoms with Crippen molar-refractivity contribution in [1.82, 2.24) is 4.98 Å². The highest BCUT2D eigenvalue weighted by molar-refractivity contribution is 7.14. The molecule has 1 saturated heterocycles. The molecule has 1 N–H and O–H groups in total. The Hall–Kier alpha value is -2.90. The van der Waals surface area contributed by atoms with Crippen LogP contribution in [0.4, 0.5) is 16.5 Å².